The molecule has 0 saturated carbocycles. The van der Waals surface area contributed by atoms with E-state index in [1.54, 1.807) is 20.8 Å². The number of hydrogen-bond donors (Lipinski definition) is 2. The summed E-state index contributed by atoms with van der Waals surface area (Å²) in [5, 5.41) is 28.4. The number of amides is 1. The van der Waals surface area contributed by atoms with E-state index < -0.39 is 23.8 Å². The molecule has 1 amide bonds. The molecule has 0 spiro atoms. The van der Waals surface area contributed by atoms with Crippen molar-refractivity contribution in [1.82, 2.24) is 15.1 Å². The fourth-order valence-electron chi connectivity index (χ4n) is 2.86. The highest BCUT2D eigenvalue weighted by Gasteiger charge is 2.41. The summed E-state index contributed by atoms with van der Waals surface area (Å²) in [5.74, 6) is 0.139. The molecule has 7 nitrogen and oxygen atoms in total. The highest BCUT2D eigenvalue weighted by molar-refractivity contribution is 5.66. The van der Waals surface area contributed by atoms with E-state index in [0.717, 1.165) is 5.56 Å². The summed E-state index contributed by atoms with van der Waals surface area (Å²) in [6, 6.07) is 8.49. The first-order chi connectivity index (χ1) is 11.6. The monoisotopic (exact) mass is 347 g/mol. The van der Waals surface area contributed by atoms with Gasteiger partial charge in [-0.15, -0.1) is 10.2 Å². The van der Waals surface area contributed by atoms with E-state index in [1.165, 1.54) is 4.90 Å². The van der Waals surface area contributed by atoms with Gasteiger partial charge < -0.3 is 14.6 Å². The molecule has 0 aliphatic heterocycles. The summed E-state index contributed by atoms with van der Waals surface area (Å²) < 4.78 is 5.61. The Morgan fingerprint density at radius 1 is 1.16 bits per heavy atom. The van der Waals surface area contributed by atoms with Gasteiger partial charge in [0.1, 0.15) is 0 Å². The van der Waals surface area contributed by atoms with Crippen LogP contribution in [0, 0.1) is 5.92 Å². The molecule has 136 valence electrons. The van der Waals surface area contributed by atoms with Crippen LogP contribution in [-0.2, 0) is 0 Å². The number of aromatic nitrogens is 2. The second kappa shape index (κ2) is 7.23. The van der Waals surface area contributed by atoms with Gasteiger partial charge in [0.15, 0.2) is 6.10 Å². The fraction of sp³-hybridized carbons (Fsp3) is 0.500. The minimum absolute atomic E-state index is 0.00746. The van der Waals surface area contributed by atoms with E-state index in [4.69, 9.17) is 4.42 Å². The molecular formula is C18H25N3O4. The number of rotatable bonds is 5. The number of carbonyl (C=O) groups is 1. The molecule has 1 unspecified atom stereocenters. The first-order valence-electron chi connectivity index (χ1n) is 8.22. The van der Waals surface area contributed by atoms with Crippen molar-refractivity contribution in [3.8, 4) is 11.5 Å². The van der Waals surface area contributed by atoms with E-state index in [0.29, 0.717) is 0 Å². The average Bonchev–Trinajstić information content (AvgIpc) is 3.00. The Morgan fingerprint density at radius 3 is 2.24 bits per heavy atom. The van der Waals surface area contributed by atoms with Crippen molar-refractivity contribution in [1.29, 1.82) is 0 Å². The molecule has 0 radical (unpaired) electrons. The molecule has 1 aromatic carbocycles. The lowest BCUT2D eigenvalue weighted by atomic mass is 9.92. The van der Waals surface area contributed by atoms with E-state index in [9.17, 15) is 15.0 Å². The predicted octanol–water partition coefficient (Wildman–Crippen LogP) is 3.57. The van der Waals surface area contributed by atoms with Gasteiger partial charge in [-0.2, -0.15) is 0 Å². The van der Waals surface area contributed by atoms with Crippen LogP contribution in [0.4, 0.5) is 4.79 Å². The van der Waals surface area contributed by atoms with Gasteiger partial charge in [-0.3, -0.25) is 4.90 Å². The standard InChI is InChI=1S/C18H25N3O4/c1-11(2)13(21(17(23)24)18(3,4)5)14(22)16-20-19-15(25-16)12-9-7-6-8-10-12/h6-11,13-14,22H,1-5H3,(H,23,24)/t13?,14-/m0/s1. The van der Waals surface area contributed by atoms with Crippen molar-refractivity contribution in [2.24, 2.45) is 5.92 Å². The lowest BCUT2D eigenvalue weighted by molar-refractivity contribution is -0.0230. The normalized spacial score (nSPS) is 14.4. The minimum atomic E-state index is -1.22. The lowest BCUT2D eigenvalue weighted by Crippen LogP contribution is -2.55. The molecule has 2 aromatic rings. The van der Waals surface area contributed by atoms with E-state index in [2.05, 4.69) is 10.2 Å². The van der Waals surface area contributed by atoms with Gasteiger partial charge in [0.25, 0.3) is 0 Å². The molecule has 2 N–H and O–H groups in total. The van der Waals surface area contributed by atoms with E-state index in [1.807, 2.05) is 44.2 Å². The predicted molar refractivity (Wildman–Crippen MR) is 92.9 cm³/mol. The zero-order valence-electron chi connectivity index (χ0n) is 15.2. The van der Waals surface area contributed by atoms with Gasteiger partial charge in [0.2, 0.25) is 11.8 Å². The second-order valence-corrected chi connectivity index (χ2v) is 7.31. The van der Waals surface area contributed by atoms with Gasteiger partial charge in [-0.05, 0) is 38.8 Å². The summed E-state index contributed by atoms with van der Waals surface area (Å²) in [4.78, 5) is 13.0. The summed E-state index contributed by atoms with van der Waals surface area (Å²) >= 11 is 0. The third-order valence-electron chi connectivity index (χ3n) is 3.95. The third-order valence-corrected chi connectivity index (χ3v) is 3.95. The number of aliphatic hydroxyl groups is 1. The lowest BCUT2D eigenvalue weighted by Gasteiger charge is -2.42. The molecular weight excluding hydrogens is 322 g/mol. The van der Waals surface area contributed by atoms with Gasteiger partial charge in [-0.1, -0.05) is 32.0 Å². The highest BCUT2D eigenvalue weighted by Crippen LogP contribution is 2.32. The molecule has 0 aliphatic carbocycles. The van der Waals surface area contributed by atoms with E-state index >= 15 is 0 Å². The molecule has 1 aromatic heterocycles. The third kappa shape index (κ3) is 4.17. The van der Waals surface area contributed by atoms with Crippen LogP contribution in [-0.4, -0.2) is 43.0 Å². The summed E-state index contributed by atoms with van der Waals surface area (Å²) in [6.07, 6.45) is -2.33. The van der Waals surface area contributed by atoms with Crippen LogP contribution in [0.5, 0.6) is 0 Å². The minimum Gasteiger partial charge on any atom is -0.465 e. The topological polar surface area (TPSA) is 99.7 Å². The molecule has 7 heteroatoms. The summed E-state index contributed by atoms with van der Waals surface area (Å²) in [7, 11) is 0. The zero-order valence-corrected chi connectivity index (χ0v) is 15.2. The van der Waals surface area contributed by atoms with Crippen molar-refractivity contribution in [3.05, 3.63) is 36.2 Å². The van der Waals surface area contributed by atoms with Crippen molar-refractivity contribution in [3.63, 3.8) is 0 Å². The van der Waals surface area contributed by atoms with Crippen LogP contribution in [0.1, 0.15) is 46.6 Å². The second-order valence-electron chi connectivity index (χ2n) is 7.31. The molecule has 1 heterocycles. The van der Waals surface area contributed by atoms with Crippen molar-refractivity contribution >= 4 is 6.09 Å². The number of nitrogens with zero attached hydrogens (tertiary/aromatic N) is 3. The molecule has 2 atom stereocenters. The largest absolute Gasteiger partial charge is 0.465 e. The van der Waals surface area contributed by atoms with Crippen LogP contribution in [0.25, 0.3) is 11.5 Å². The maximum atomic E-state index is 11.8. The Hall–Kier alpha value is -2.41. The van der Waals surface area contributed by atoms with Crippen LogP contribution in [0.2, 0.25) is 0 Å². The Balaban J connectivity index is 2.37. The Kier molecular flexibility index (Phi) is 5.47. The van der Waals surface area contributed by atoms with Crippen molar-refractivity contribution < 1.29 is 19.4 Å². The molecule has 0 fully saturated rings. The summed E-state index contributed by atoms with van der Waals surface area (Å²) in [6.45, 7) is 9.05. The average molecular weight is 347 g/mol. The van der Waals surface area contributed by atoms with E-state index in [-0.39, 0.29) is 17.7 Å². The number of hydrogen-bond acceptors (Lipinski definition) is 5. The van der Waals surface area contributed by atoms with Gasteiger partial charge in [-0.25, -0.2) is 4.79 Å². The van der Waals surface area contributed by atoms with Crippen LogP contribution in [0.15, 0.2) is 34.7 Å². The fourth-order valence-corrected chi connectivity index (χ4v) is 2.86. The summed E-state index contributed by atoms with van der Waals surface area (Å²) in [5.41, 5.74) is 0.0461. The molecule has 0 aliphatic rings. The smallest absolute Gasteiger partial charge is 0.408 e. The SMILES string of the molecule is CC(C)C([C@H](O)c1nnc(-c2ccccc2)o1)N(C(=O)O)C(C)(C)C. The Labute approximate surface area is 147 Å². The van der Waals surface area contributed by atoms with Gasteiger partial charge in [0.05, 0.1) is 6.04 Å². The first-order valence-corrected chi connectivity index (χ1v) is 8.22. The molecule has 0 bridgehead atoms. The van der Waals surface area contributed by atoms with Gasteiger partial charge >= 0.3 is 6.09 Å². The van der Waals surface area contributed by atoms with Gasteiger partial charge in [0, 0.05) is 11.1 Å². The van der Waals surface area contributed by atoms with Crippen molar-refractivity contribution in [2.45, 2.75) is 52.3 Å². The number of aliphatic hydroxyl groups excluding tert-OH is 1. The number of carboxylic acid groups (broad SMARTS) is 1. The Bertz CT molecular complexity index is 707. The maximum Gasteiger partial charge on any atom is 0.408 e. The van der Waals surface area contributed by atoms with Crippen molar-refractivity contribution in [2.75, 3.05) is 0 Å². The number of benzene rings is 1. The van der Waals surface area contributed by atoms with Crippen LogP contribution in [0.3, 0.4) is 0 Å². The zero-order chi connectivity index (χ0) is 18.8. The molecule has 2 rings (SSSR count). The quantitative estimate of drug-likeness (QED) is 0.857. The van der Waals surface area contributed by atoms with Crippen LogP contribution < -0.4 is 0 Å². The molecule has 0 saturated heterocycles. The van der Waals surface area contributed by atoms with Crippen LogP contribution >= 0.6 is 0 Å². The highest BCUT2D eigenvalue weighted by atomic mass is 16.4. The Morgan fingerprint density at radius 2 is 1.76 bits per heavy atom. The maximum absolute atomic E-state index is 11.8. The first kappa shape index (κ1) is 18.9. The molecule has 25 heavy (non-hydrogen) atoms.